The first-order chi connectivity index (χ1) is 13.4. The molecule has 28 heavy (non-hydrogen) atoms. The molecule has 11 heteroatoms. The number of amides is 2. The second-order valence-electron chi connectivity index (χ2n) is 6.29. The molecule has 2 aromatic rings. The van der Waals surface area contributed by atoms with Crippen molar-refractivity contribution in [2.45, 2.75) is 19.3 Å². The van der Waals surface area contributed by atoms with Crippen molar-refractivity contribution < 1.29 is 28.2 Å². The van der Waals surface area contributed by atoms with Crippen LogP contribution in [0.25, 0.3) is 0 Å². The van der Waals surface area contributed by atoms with Gasteiger partial charge in [0, 0.05) is 18.9 Å². The van der Waals surface area contributed by atoms with Gasteiger partial charge in [-0.15, -0.1) is 0 Å². The molecule has 1 atom stereocenters. The topological polar surface area (TPSA) is 114 Å². The van der Waals surface area contributed by atoms with Crippen LogP contribution in [0.3, 0.4) is 0 Å². The van der Waals surface area contributed by atoms with Crippen molar-refractivity contribution in [3.05, 3.63) is 57.3 Å². The second kappa shape index (κ2) is 6.68. The van der Waals surface area contributed by atoms with Crippen LogP contribution in [-0.2, 0) is 17.8 Å². The van der Waals surface area contributed by atoms with Crippen LogP contribution in [0.1, 0.15) is 26.4 Å². The second-order valence-corrected chi connectivity index (χ2v) is 6.29. The van der Waals surface area contributed by atoms with E-state index in [1.165, 1.54) is 9.47 Å². The van der Waals surface area contributed by atoms with E-state index in [4.69, 9.17) is 4.74 Å². The number of fused-ring (bicyclic) bond motifs is 2. The minimum absolute atomic E-state index is 0.126. The maximum atomic E-state index is 13.6. The van der Waals surface area contributed by atoms with Crippen LogP contribution in [-0.4, -0.2) is 50.8 Å². The van der Waals surface area contributed by atoms with Crippen LogP contribution in [0.15, 0.2) is 23.3 Å². The Morgan fingerprint density at radius 1 is 1.39 bits per heavy atom. The van der Waals surface area contributed by atoms with E-state index in [2.05, 4.69) is 10.3 Å². The van der Waals surface area contributed by atoms with E-state index < -0.39 is 58.7 Å². The summed E-state index contributed by atoms with van der Waals surface area (Å²) in [6, 6.07) is 0.934. The van der Waals surface area contributed by atoms with Crippen LogP contribution in [0.5, 0.6) is 5.75 Å². The van der Waals surface area contributed by atoms with Crippen molar-refractivity contribution >= 4 is 11.8 Å². The minimum Gasteiger partial charge on any atom is -0.503 e. The molecule has 2 N–H and O–H groups in total. The number of aromatic hydroxyl groups is 1. The normalized spacial score (nSPS) is 18.0. The zero-order chi connectivity index (χ0) is 20.0. The van der Waals surface area contributed by atoms with Gasteiger partial charge in [-0.1, -0.05) is 0 Å². The Hall–Kier alpha value is -3.34. The molecule has 0 saturated carbocycles. The zero-order valence-corrected chi connectivity index (χ0v) is 14.3. The van der Waals surface area contributed by atoms with Crippen LogP contribution < -0.4 is 10.7 Å². The summed E-state index contributed by atoms with van der Waals surface area (Å²) in [4.78, 5) is 41.9. The molecule has 4 heterocycles. The van der Waals surface area contributed by atoms with Gasteiger partial charge in [0.25, 0.3) is 11.8 Å². The SMILES string of the molecule is O=C(NCc1c(F)ccnc1F)c1cn2c(c(O)c1=O)C(=O)N1CCOC1C2. The highest BCUT2D eigenvalue weighted by molar-refractivity contribution is 5.99. The monoisotopic (exact) mass is 392 g/mol. The number of carbonyl (C=O) groups is 2. The molecule has 146 valence electrons. The van der Waals surface area contributed by atoms with E-state index in [1.54, 1.807) is 0 Å². The maximum Gasteiger partial charge on any atom is 0.276 e. The van der Waals surface area contributed by atoms with Crippen molar-refractivity contribution in [2.75, 3.05) is 13.2 Å². The molecule has 4 rings (SSSR count). The van der Waals surface area contributed by atoms with Crippen LogP contribution in [0, 0.1) is 11.8 Å². The molecule has 9 nitrogen and oxygen atoms in total. The minimum atomic E-state index is -1.09. The average Bonchev–Trinajstić information content (AvgIpc) is 3.13. The van der Waals surface area contributed by atoms with Gasteiger partial charge in [0.1, 0.15) is 11.4 Å². The summed E-state index contributed by atoms with van der Waals surface area (Å²) in [6.07, 6.45) is 1.51. The Morgan fingerprint density at radius 2 is 2.18 bits per heavy atom. The quantitative estimate of drug-likeness (QED) is 0.710. The van der Waals surface area contributed by atoms with Crippen molar-refractivity contribution in [1.82, 2.24) is 19.8 Å². The molecule has 2 aliphatic heterocycles. The van der Waals surface area contributed by atoms with Crippen molar-refractivity contribution in [3.63, 3.8) is 0 Å². The lowest BCUT2D eigenvalue weighted by Gasteiger charge is -2.31. The summed E-state index contributed by atoms with van der Waals surface area (Å²) in [5.74, 6) is -4.38. The number of nitrogens with one attached hydrogen (secondary N) is 1. The molecule has 0 radical (unpaired) electrons. The van der Waals surface area contributed by atoms with E-state index in [1.807, 2.05) is 0 Å². The Labute approximate surface area is 156 Å². The molecule has 0 spiro atoms. The van der Waals surface area contributed by atoms with Crippen LogP contribution in [0.4, 0.5) is 8.78 Å². The lowest BCUT2D eigenvalue weighted by Crippen LogP contribution is -2.46. The number of rotatable bonds is 3. The fraction of sp³-hybridized carbons (Fsp3) is 0.294. The van der Waals surface area contributed by atoms with E-state index in [-0.39, 0.29) is 12.2 Å². The first-order valence-electron chi connectivity index (χ1n) is 8.34. The fourth-order valence-electron chi connectivity index (χ4n) is 3.26. The average molecular weight is 392 g/mol. The molecule has 1 saturated heterocycles. The number of hydrogen-bond donors (Lipinski definition) is 2. The van der Waals surface area contributed by atoms with Gasteiger partial charge in [0.2, 0.25) is 11.4 Å². The van der Waals surface area contributed by atoms with Gasteiger partial charge in [-0.05, 0) is 6.07 Å². The zero-order valence-electron chi connectivity index (χ0n) is 14.3. The van der Waals surface area contributed by atoms with E-state index in [9.17, 15) is 28.3 Å². The number of ether oxygens (including phenoxy) is 1. The third-order valence-corrected chi connectivity index (χ3v) is 4.68. The number of halogens is 2. The van der Waals surface area contributed by atoms with Crippen LogP contribution >= 0.6 is 0 Å². The number of pyridine rings is 2. The first-order valence-corrected chi connectivity index (χ1v) is 8.34. The number of hydrogen-bond acceptors (Lipinski definition) is 6. The van der Waals surface area contributed by atoms with Gasteiger partial charge in [0.05, 0.1) is 25.3 Å². The van der Waals surface area contributed by atoms with Crippen molar-refractivity contribution in [2.24, 2.45) is 0 Å². The Kier molecular flexibility index (Phi) is 4.30. The van der Waals surface area contributed by atoms with Gasteiger partial charge >= 0.3 is 0 Å². The molecule has 0 bridgehead atoms. The smallest absolute Gasteiger partial charge is 0.276 e. The molecule has 1 unspecified atom stereocenters. The summed E-state index contributed by atoms with van der Waals surface area (Å²) in [6.45, 7) is 0.235. The molecule has 0 aliphatic carbocycles. The summed E-state index contributed by atoms with van der Waals surface area (Å²) >= 11 is 0. The van der Waals surface area contributed by atoms with Gasteiger partial charge in [0.15, 0.2) is 17.7 Å². The predicted octanol–water partition coefficient (Wildman–Crippen LogP) is -0.0308. The third kappa shape index (κ3) is 2.80. The Balaban J connectivity index is 1.64. The Morgan fingerprint density at radius 3 is 2.93 bits per heavy atom. The van der Waals surface area contributed by atoms with E-state index >= 15 is 0 Å². The Bertz CT molecular complexity index is 1030. The molecule has 0 aromatic carbocycles. The molecule has 2 aliphatic rings. The third-order valence-electron chi connectivity index (χ3n) is 4.68. The summed E-state index contributed by atoms with van der Waals surface area (Å²) in [7, 11) is 0. The van der Waals surface area contributed by atoms with Crippen LogP contribution in [0.2, 0.25) is 0 Å². The molecular weight excluding hydrogens is 378 g/mol. The molecular formula is C17H14F2N4O5. The van der Waals surface area contributed by atoms with E-state index in [0.717, 1.165) is 18.5 Å². The first kappa shape index (κ1) is 18.0. The fourth-order valence-corrected chi connectivity index (χ4v) is 3.26. The lowest BCUT2D eigenvalue weighted by atomic mass is 10.1. The molecule has 1 fully saturated rings. The number of carbonyl (C=O) groups excluding carboxylic acids is 2. The largest absolute Gasteiger partial charge is 0.503 e. The standard InChI is InChI=1S/C17H14F2N4O5/c18-10-1-2-20-15(19)8(10)5-21-16(26)9-6-22-7-11-23(3-4-28-11)17(27)12(22)14(25)13(9)24/h1-2,6,11,25H,3-5,7H2,(H,21,26). The highest BCUT2D eigenvalue weighted by Crippen LogP contribution is 2.26. The van der Waals surface area contributed by atoms with E-state index in [0.29, 0.717) is 13.2 Å². The van der Waals surface area contributed by atoms with Gasteiger partial charge in [-0.25, -0.2) is 9.37 Å². The lowest BCUT2D eigenvalue weighted by molar-refractivity contribution is 0.00845. The van der Waals surface area contributed by atoms with Crippen molar-refractivity contribution in [1.29, 1.82) is 0 Å². The summed E-state index contributed by atoms with van der Waals surface area (Å²) < 4.78 is 33.9. The maximum absolute atomic E-state index is 13.6. The molecule has 2 aromatic heterocycles. The number of aromatic nitrogens is 2. The summed E-state index contributed by atoms with van der Waals surface area (Å²) in [5.41, 5.74) is -2.22. The van der Waals surface area contributed by atoms with Gasteiger partial charge in [-0.2, -0.15) is 4.39 Å². The highest BCUT2D eigenvalue weighted by Gasteiger charge is 2.39. The summed E-state index contributed by atoms with van der Waals surface area (Å²) in [5, 5.41) is 12.4. The van der Waals surface area contributed by atoms with Gasteiger partial charge < -0.3 is 24.6 Å². The van der Waals surface area contributed by atoms with Gasteiger partial charge in [-0.3, -0.25) is 14.4 Å². The highest BCUT2D eigenvalue weighted by atomic mass is 19.1. The molecule has 2 amide bonds. The predicted molar refractivity (Wildman–Crippen MR) is 88.5 cm³/mol. The number of nitrogens with zero attached hydrogens (tertiary/aromatic N) is 3. The van der Waals surface area contributed by atoms with Crippen molar-refractivity contribution in [3.8, 4) is 5.75 Å².